The zero-order valence-electron chi connectivity index (χ0n) is 12.6. The molecule has 0 saturated heterocycles. The lowest BCUT2D eigenvalue weighted by Gasteiger charge is -2.27. The van der Waals surface area contributed by atoms with Crippen LogP contribution in [-0.2, 0) is 4.79 Å². The van der Waals surface area contributed by atoms with E-state index >= 15 is 0 Å². The highest BCUT2D eigenvalue weighted by Crippen LogP contribution is 2.23. The molecule has 0 aliphatic rings. The van der Waals surface area contributed by atoms with E-state index in [4.69, 9.17) is 5.73 Å². The third-order valence-corrected chi connectivity index (χ3v) is 2.89. The summed E-state index contributed by atoms with van der Waals surface area (Å²) in [6, 6.07) is 3.66. The summed E-state index contributed by atoms with van der Waals surface area (Å²) in [5.74, 6) is 0.783. The lowest BCUT2D eigenvalue weighted by Crippen LogP contribution is -2.38. The second-order valence-electron chi connectivity index (χ2n) is 6.37. The maximum atomic E-state index is 12.4. The van der Waals surface area contributed by atoms with Crippen molar-refractivity contribution in [1.82, 2.24) is 4.98 Å². The fourth-order valence-corrected chi connectivity index (χ4v) is 1.82. The molecule has 0 saturated carbocycles. The van der Waals surface area contributed by atoms with Crippen molar-refractivity contribution in [3.63, 3.8) is 0 Å². The van der Waals surface area contributed by atoms with E-state index < -0.39 is 0 Å². The highest BCUT2D eigenvalue weighted by molar-refractivity contribution is 5.92. The fraction of sp³-hybridized carbons (Fsp3) is 0.600. The van der Waals surface area contributed by atoms with Gasteiger partial charge in [0.05, 0.1) is 11.9 Å². The average molecular weight is 263 g/mol. The summed E-state index contributed by atoms with van der Waals surface area (Å²) < 4.78 is 0. The third-order valence-electron chi connectivity index (χ3n) is 2.89. The molecule has 0 bridgehead atoms. The predicted molar refractivity (Wildman–Crippen MR) is 80.0 cm³/mol. The second kappa shape index (κ2) is 6.04. The zero-order chi connectivity index (χ0) is 14.6. The summed E-state index contributed by atoms with van der Waals surface area (Å²) in [5, 5.41) is 0. The molecule has 0 aliphatic carbocycles. The van der Waals surface area contributed by atoms with Gasteiger partial charge in [-0.05, 0) is 37.8 Å². The van der Waals surface area contributed by atoms with E-state index in [0.29, 0.717) is 17.9 Å². The monoisotopic (exact) mass is 263 g/mol. The van der Waals surface area contributed by atoms with Crippen LogP contribution in [0, 0.1) is 5.41 Å². The molecule has 1 rings (SSSR count). The Morgan fingerprint density at radius 1 is 1.37 bits per heavy atom. The molecular weight excluding hydrogens is 238 g/mol. The number of amides is 1. The van der Waals surface area contributed by atoms with Crippen molar-refractivity contribution in [2.24, 2.45) is 5.41 Å². The molecule has 2 N–H and O–H groups in total. The van der Waals surface area contributed by atoms with Gasteiger partial charge in [-0.3, -0.25) is 9.69 Å². The highest BCUT2D eigenvalue weighted by atomic mass is 16.2. The van der Waals surface area contributed by atoms with Crippen molar-refractivity contribution < 1.29 is 4.79 Å². The molecule has 0 unspecified atom stereocenters. The number of nitrogens with zero attached hydrogens (tertiary/aromatic N) is 2. The third kappa shape index (κ3) is 4.89. The van der Waals surface area contributed by atoms with Crippen LogP contribution < -0.4 is 10.6 Å². The molecule has 1 amide bonds. The van der Waals surface area contributed by atoms with Crippen LogP contribution in [0.15, 0.2) is 18.3 Å². The van der Waals surface area contributed by atoms with E-state index in [0.717, 1.165) is 6.42 Å². The largest absolute Gasteiger partial charge is 0.397 e. The van der Waals surface area contributed by atoms with Gasteiger partial charge in [0.2, 0.25) is 5.91 Å². The summed E-state index contributed by atoms with van der Waals surface area (Å²) in [7, 11) is 0. The van der Waals surface area contributed by atoms with Gasteiger partial charge in [-0.2, -0.15) is 0 Å². The van der Waals surface area contributed by atoms with E-state index in [1.807, 2.05) is 13.8 Å². The van der Waals surface area contributed by atoms with Gasteiger partial charge in [0, 0.05) is 12.5 Å². The normalized spacial score (nSPS) is 11.7. The Morgan fingerprint density at radius 3 is 2.42 bits per heavy atom. The quantitative estimate of drug-likeness (QED) is 0.907. The molecule has 0 aliphatic heterocycles. The molecular formula is C15H25N3O. The number of aromatic nitrogens is 1. The predicted octanol–water partition coefficient (Wildman–Crippen LogP) is 3.23. The van der Waals surface area contributed by atoms with Gasteiger partial charge in [0.25, 0.3) is 0 Å². The summed E-state index contributed by atoms with van der Waals surface area (Å²) in [6.07, 6.45) is 2.99. The van der Waals surface area contributed by atoms with Gasteiger partial charge in [-0.25, -0.2) is 4.98 Å². The van der Waals surface area contributed by atoms with E-state index in [1.54, 1.807) is 23.2 Å². The molecule has 0 radical (unpaired) electrons. The molecule has 4 heteroatoms. The van der Waals surface area contributed by atoms with E-state index in [1.165, 1.54) is 0 Å². The minimum absolute atomic E-state index is 0.0867. The first-order valence-corrected chi connectivity index (χ1v) is 6.74. The van der Waals surface area contributed by atoms with Gasteiger partial charge >= 0.3 is 0 Å². The molecule has 4 nitrogen and oxygen atoms in total. The van der Waals surface area contributed by atoms with Crippen LogP contribution in [0.3, 0.4) is 0 Å². The maximum Gasteiger partial charge on any atom is 0.228 e. The lowest BCUT2D eigenvalue weighted by molar-refractivity contribution is -0.119. The molecule has 19 heavy (non-hydrogen) atoms. The number of anilines is 2. The van der Waals surface area contributed by atoms with Crippen LogP contribution in [0.2, 0.25) is 0 Å². The highest BCUT2D eigenvalue weighted by Gasteiger charge is 2.22. The van der Waals surface area contributed by atoms with Crippen molar-refractivity contribution in [3.05, 3.63) is 18.3 Å². The standard InChI is InChI=1S/C15H25N3O/c1-11(2)18(13-7-6-12(16)10-17-13)14(19)8-9-15(3,4)5/h6-7,10-11H,8-9,16H2,1-5H3. The number of pyridine rings is 1. The summed E-state index contributed by atoms with van der Waals surface area (Å²) in [5.41, 5.74) is 6.39. The maximum absolute atomic E-state index is 12.4. The van der Waals surface area contributed by atoms with Crippen LogP contribution in [0.25, 0.3) is 0 Å². The Kier molecular flexibility index (Phi) is 4.92. The Labute approximate surface area is 116 Å². The number of hydrogen-bond acceptors (Lipinski definition) is 3. The summed E-state index contributed by atoms with van der Waals surface area (Å²) in [4.78, 5) is 18.4. The summed E-state index contributed by atoms with van der Waals surface area (Å²) in [6.45, 7) is 10.4. The zero-order valence-corrected chi connectivity index (χ0v) is 12.6. The first kappa shape index (κ1) is 15.5. The Bertz CT molecular complexity index is 418. The number of nitrogen functional groups attached to an aromatic ring is 1. The molecule has 0 atom stereocenters. The van der Waals surface area contributed by atoms with Gasteiger partial charge in [0.15, 0.2) is 0 Å². The van der Waals surface area contributed by atoms with E-state index in [9.17, 15) is 4.79 Å². The topological polar surface area (TPSA) is 59.2 Å². The Morgan fingerprint density at radius 2 is 2.00 bits per heavy atom. The minimum atomic E-state index is 0.0867. The Hall–Kier alpha value is -1.58. The van der Waals surface area contributed by atoms with Crippen molar-refractivity contribution in [1.29, 1.82) is 0 Å². The lowest BCUT2D eigenvalue weighted by atomic mass is 9.90. The summed E-state index contributed by atoms with van der Waals surface area (Å²) >= 11 is 0. The number of nitrogens with two attached hydrogens (primary N) is 1. The van der Waals surface area contributed by atoms with Crippen LogP contribution >= 0.6 is 0 Å². The fourth-order valence-electron chi connectivity index (χ4n) is 1.82. The molecule has 0 fully saturated rings. The number of carbonyl (C=O) groups is 1. The average Bonchev–Trinajstić information content (AvgIpc) is 2.28. The molecule has 106 valence electrons. The van der Waals surface area contributed by atoms with Crippen LogP contribution in [0.1, 0.15) is 47.5 Å². The molecule has 1 heterocycles. The number of hydrogen-bond donors (Lipinski definition) is 1. The molecule has 0 spiro atoms. The van der Waals surface area contributed by atoms with Crippen molar-refractivity contribution in [2.75, 3.05) is 10.6 Å². The first-order valence-electron chi connectivity index (χ1n) is 6.74. The van der Waals surface area contributed by atoms with Gasteiger partial charge in [-0.15, -0.1) is 0 Å². The second-order valence-corrected chi connectivity index (χ2v) is 6.37. The first-order chi connectivity index (χ1) is 8.70. The SMILES string of the molecule is CC(C)N(C(=O)CCC(C)(C)C)c1ccc(N)cn1. The van der Waals surface area contributed by atoms with Crippen molar-refractivity contribution in [2.45, 2.75) is 53.5 Å². The van der Waals surface area contributed by atoms with Gasteiger partial charge in [0.1, 0.15) is 5.82 Å². The molecule has 1 aromatic heterocycles. The van der Waals surface area contributed by atoms with Crippen LogP contribution in [0.4, 0.5) is 11.5 Å². The smallest absolute Gasteiger partial charge is 0.228 e. The van der Waals surface area contributed by atoms with E-state index in [2.05, 4.69) is 25.8 Å². The number of rotatable bonds is 4. The van der Waals surface area contributed by atoms with Gasteiger partial charge < -0.3 is 5.73 Å². The Balaban J connectivity index is 2.83. The van der Waals surface area contributed by atoms with Crippen molar-refractivity contribution >= 4 is 17.4 Å². The molecule has 1 aromatic rings. The van der Waals surface area contributed by atoms with Gasteiger partial charge in [-0.1, -0.05) is 20.8 Å². The number of carbonyl (C=O) groups excluding carboxylic acids is 1. The van der Waals surface area contributed by atoms with Crippen LogP contribution in [-0.4, -0.2) is 16.9 Å². The van der Waals surface area contributed by atoms with E-state index in [-0.39, 0.29) is 17.4 Å². The minimum Gasteiger partial charge on any atom is -0.397 e. The van der Waals surface area contributed by atoms with Crippen LogP contribution in [0.5, 0.6) is 0 Å². The van der Waals surface area contributed by atoms with Crippen molar-refractivity contribution in [3.8, 4) is 0 Å². The molecule has 0 aromatic carbocycles.